The molecule has 1 aliphatic heterocycles. The molecule has 1 saturated heterocycles. The van der Waals surface area contributed by atoms with E-state index in [1.165, 1.54) is 54.0 Å². The van der Waals surface area contributed by atoms with E-state index >= 15 is 0 Å². The zero-order valence-electron chi connectivity index (χ0n) is 12.4. The number of aromatic nitrogens is 1. The smallest absolute Gasteiger partial charge is 0.107 e. The summed E-state index contributed by atoms with van der Waals surface area (Å²) in [5.41, 5.74) is 5.06. The van der Waals surface area contributed by atoms with Crippen molar-refractivity contribution in [3.05, 3.63) is 39.7 Å². The highest BCUT2D eigenvalue weighted by Crippen LogP contribution is 2.25. The van der Waals surface area contributed by atoms with Gasteiger partial charge in [0.2, 0.25) is 0 Å². The molecule has 2 aromatic rings. The maximum Gasteiger partial charge on any atom is 0.107 e. The molecule has 1 aromatic carbocycles. The summed E-state index contributed by atoms with van der Waals surface area (Å²) in [7, 11) is 0. The summed E-state index contributed by atoms with van der Waals surface area (Å²) in [4.78, 5) is 7.36. The molecule has 1 aliphatic rings. The maximum atomic E-state index is 4.82. The summed E-state index contributed by atoms with van der Waals surface area (Å²) >= 11 is 1.80. The first kappa shape index (κ1) is 13.8. The van der Waals surface area contributed by atoms with Crippen molar-refractivity contribution in [3.63, 3.8) is 0 Å². The predicted octanol–water partition coefficient (Wildman–Crippen LogP) is 4.41. The quantitative estimate of drug-likeness (QED) is 0.830. The highest BCUT2D eigenvalue weighted by atomic mass is 32.1. The van der Waals surface area contributed by atoms with Gasteiger partial charge in [-0.3, -0.25) is 4.90 Å². The van der Waals surface area contributed by atoms with E-state index in [9.17, 15) is 0 Å². The van der Waals surface area contributed by atoms with Crippen LogP contribution >= 0.6 is 11.3 Å². The Kier molecular flexibility index (Phi) is 4.18. The number of hydrogen-bond donors (Lipinski definition) is 0. The van der Waals surface area contributed by atoms with Crippen molar-refractivity contribution in [2.75, 3.05) is 13.1 Å². The number of thiazole rings is 1. The third-order valence-electron chi connectivity index (χ3n) is 4.16. The molecule has 0 bridgehead atoms. The lowest BCUT2D eigenvalue weighted by Crippen LogP contribution is -2.28. The van der Waals surface area contributed by atoms with Crippen LogP contribution in [-0.4, -0.2) is 23.0 Å². The summed E-state index contributed by atoms with van der Waals surface area (Å²) in [6, 6.07) is 6.62. The van der Waals surface area contributed by atoms with E-state index in [4.69, 9.17) is 4.98 Å². The lowest BCUT2D eigenvalue weighted by atomic mass is 10.1. The van der Waals surface area contributed by atoms with Gasteiger partial charge in [-0.05, 0) is 57.0 Å². The molecule has 0 spiro atoms. The number of aryl methyl sites for hydroxylation is 2. The molecule has 0 saturated carbocycles. The molecule has 0 amide bonds. The largest absolute Gasteiger partial charge is 0.297 e. The van der Waals surface area contributed by atoms with E-state index in [1.54, 1.807) is 11.3 Å². The van der Waals surface area contributed by atoms with Crippen molar-refractivity contribution in [3.8, 4) is 11.3 Å². The number of benzene rings is 1. The molecule has 106 valence electrons. The zero-order valence-corrected chi connectivity index (χ0v) is 13.2. The van der Waals surface area contributed by atoms with E-state index < -0.39 is 0 Å². The van der Waals surface area contributed by atoms with Crippen molar-refractivity contribution in [1.29, 1.82) is 0 Å². The Bertz CT molecular complexity index is 582. The third kappa shape index (κ3) is 3.10. The SMILES string of the molecule is Cc1ccc(-c2csc(CN3CCCCC3)n2)cc1C. The second kappa shape index (κ2) is 6.06. The van der Waals surface area contributed by atoms with Gasteiger partial charge in [0.15, 0.2) is 0 Å². The summed E-state index contributed by atoms with van der Waals surface area (Å²) in [6.45, 7) is 7.81. The first-order chi connectivity index (χ1) is 9.72. The molecule has 1 fully saturated rings. The van der Waals surface area contributed by atoms with Crippen molar-refractivity contribution in [2.45, 2.75) is 39.7 Å². The highest BCUT2D eigenvalue weighted by Gasteiger charge is 2.13. The minimum absolute atomic E-state index is 1.02. The highest BCUT2D eigenvalue weighted by molar-refractivity contribution is 7.09. The first-order valence-electron chi connectivity index (χ1n) is 7.47. The summed E-state index contributed by atoms with van der Waals surface area (Å²) in [5.74, 6) is 0. The number of piperidine rings is 1. The van der Waals surface area contributed by atoms with Crippen LogP contribution in [0.2, 0.25) is 0 Å². The average molecular weight is 286 g/mol. The lowest BCUT2D eigenvalue weighted by Gasteiger charge is -2.25. The van der Waals surface area contributed by atoms with Crippen molar-refractivity contribution < 1.29 is 0 Å². The molecule has 0 radical (unpaired) electrons. The monoisotopic (exact) mass is 286 g/mol. The average Bonchev–Trinajstić information content (AvgIpc) is 2.91. The fourth-order valence-electron chi connectivity index (χ4n) is 2.73. The molecule has 0 atom stereocenters. The van der Waals surface area contributed by atoms with Crippen LogP contribution in [0.1, 0.15) is 35.4 Å². The van der Waals surface area contributed by atoms with Crippen molar-refractivity contribution >= 4 is 11.3 Å². The van der Waals surface area contributed by atoms with Gasteiger partial charge in [-0.2, -0.15) is 0 Å². The van der Waals surface area contributed by atoms with Crippen LogP contribution in [0.25, 0.3) is 11.3 Å². The van der Waals surface area contributed by atoms with Crippen molar-refractivity contribution in [2.24, 2.45) is 0 Å². The Morgan fingerprint density at radius 2 is 1.90 bits per heavy atom. The van der Waals surface area contributed by atoms with E-state index in [2.05, 4.69) is 42.3 Å². The van der Waals surface area contributed by atoms with Gasteiger partial charge in [0.25, 0.3) is 0 Å². The van der Waals surface area contributed by atoms with Crippen LogP contribution in [0.4, 0.5) is 0 Å². The summed E-state index contributed by atoms with van der Waals surface area (Å²) in [6.07, 6.45) is 4.08. The molecular formula is C17H22N2S. The molecule has 1 aromatic heterocycles. The van der Waals surface area contributed by atoms with Gasteiger partial charge in [-0.1, -0.05) is 18.6 Å². The van der Waals surface area contributed by atoms with E-state index in [0.717, 1.165) is 12.2 Å². The van der Waals surface area contributed by atoms with Crippen LogP contribution < -0.4 is 0 Å². The fourth-order valence-corrected chi connectivity index (χ4v) is 3.57. The van der Waals surface area contributed by atoms with Gasteiger partial charge in [0.1, 0.15) is 5.01 Å². The van der Waals surface area contributed by atoms with Gasteiger partial charge in [-0.25, -0.2) is 4.98 Å². The van der Waals surface area contributed by atoms with Gasteiger partial charge in [0.05, 0.1) is 12.2 Å². The third-order valence-corrected chi connectivity index (χ3v) is 5.00. The van der Waals surface area contributed by atoms with Crippen LogP contribution in [0.3, 0.4) is 0 Å². The van der Waals surface area contributed by atoms with Crippen LogP contribution in [0.15, 0.2) is 23.6 Å². The Morgan fingerprint density at radius 3 is 2.65 bits per heavy atom. The molecule has 0 N–H and O–H groups in total. The van der Waals surface area contributed by atoms with Gasteiger partial charge < -0.3 is 0 Å². The Labute approximate surface area is 125 Å². The van der Waals surface area contributed by atoms with Crippen molar-refractivity contribution in [1.82, 2.24) is 9.88 Å². The molecule has 0 unspecified atom stereocenters. The second-order valence-corrected chi connectivity index (χ2v) is 6.70. The molecule has 2 heterocycles. The molecule has 3 heteroatoms. The van der Waals surface area contributed by atoms with Gasteiger partial charge in [0, 0.05) is 10.9 Å². The van der Waals surface area contributed by atoms with E-state index in [-0.39, 0.29) is 0 Å². The Morgan fingerprint density at radius 1 is 1.10 bits per heavy atom. The lowest BCUT2D eigenvalue weighted by molar-refractivity contribution is 0.220. The number of hydrogen-bond acceptors (Lipinski definition) is 3. The summed E-state index contributed by atoms with van der Waals surface area (Å²) < 4.78 is 0. The second-order valence-electron chi connectivity index (χ2n) is 5.76. The van der Waals surface area contributed by atoms with E-state index in [0.29, 0.717) is 0 Å². The summed E-state index contributed by atoms with van der Waals surface area (Å²) in [5, 5.41) is 3.45. The molecule has 3 rings (SSSR count). The number of likely N-dealkylation sites (tertiary alicyclic amines) is 1. The predicted molar refractivity (Wildman–Crippen MR) is 86.2 cm³/mol. The number of nitrogens with zero attached hydrogens (tertiary/aromatic N) is 2. The van der Waals surface area contributed by atoms with Gasteiger partial charge in [-0.15, -0.1) is 11.3 Å². The molecule has 2 nitrogen and oxygen atoms in total. The van der Waals surface area contributed by atoms with Crippen LogP contribution in [-0.2, 0) is 6.54 Å². The molecule has 0 aliphatic carbocycles. The molecule has 20 heavy (non-hydrogen) atoms. The first-order valence-corrected chi connectivity index (χ1v) is 8.35. The Hall–Kier alpha value is -1.19. The van der Waals surface area contributed by atoms with Gasteiger partial charge >= 0.3 is 0 Å². The topological polar surface area (TPSA) is 16.1 Å². The fraction of sp³-hybridized carbons (Fsp3) is 0.471. The van der Waals surface area contributed by atoms with Crippen LogP contribution in [0, 0.1) is 13.8 Å². The van der Waals surface area contributed by atoms with Crippen LogP contribution in [0.5, 0.6) is 0 Å². The number of rotatable bonds is 3. The normalized spacial score (nSPS) is 16.5. The maximum absolute atomic E-state index is 4.82. The molecular weight excluding hydrogens is 264 g/mol. The zero-order chi connectivity index (χ0) is 13.9. The standard InChI is InChI=1S/C17H22N2S/c1-13-6-7-15(10-14(13)2)16-12-20-17(18-16)11-19-8-4-3-5-9-19/h6-7,10,12H,3-5,8-9,11H2,1-2H3. The van der Waals surface area contributed by atoms with E-state index in [1.807, 2.05) is 0 Å². The minimum Gasteiger partial charge on any atom is -0.297 e. The Balaban J connectivity index is 1.73. The minimum atomic E-state index is 1.02.